The number of hydrogen-bond donors (Lipinski definition) is 1. The number of carbonyl (C=O) groups is 2. The summed E-state index contributed by atoms with van der Waals surface area (Å²) in [7, 11) is 0. The number of nitrogens with zero attached hydrogens (tertiary/aromatic N) is 1. The van der Waals surface area contributed by atoms with Crippen molar-refractivity contribution in [3.05, 3.63) is 106 Å². The fourth-order valence-corrected chi connectivity index (χ4v) is 3.64. The summed E-state index contributed by atoms with van der Waals surface area (Å²) in [6.07, 6.45) is 0.628. The molecule has 0 fully saturated rings. The highest BCUT2D eigenvalue weighted by Gasteiger charge is 2.17. The van der Waals surface area contributed by atoms with Gasteiger partial charge in [0.1, 0.15) is 11.5 Å². The molecule has 1 unspecified atom stereocenters. The van der Waals surface area contributed by atoms with E-state index in [9.17, 15) is 9.59 Å². The quantitative estimate of drug-likeness (QED) is 0.138. The number of fused-ring (bicyclic) bond motifs is 1. The van der Waals surface area contributed by atoms with Crippen molar-refractivity contribution in [1.29, 1.82) is 0 Å². The van der Waals surface area contributed by atoms with Gasteiger partial charge in [-0.05, 0) is 60.2 Å². The highest BCUT2D eigenvalue weighted by Crippen LogP contribution is 2.28. The molecule has 1 amide bonds. The molecule has 176 valence electrons. The number of rotatable bonds is 7. The SMILES string of the molecule is CC(Oc1ccc(Cl)cc1)C(=O)NN=Cc1c(OC(=O)c2ccccc2Cl)ccc2ccccc12. The minimum Gasteiger partial charge on any atom is -0.481 e. The van der Waals surface area contributed by atoms with E-state index < -0.39 is 18.0 Å². The first-order valence-electron chi connectivity index (χ1n) is 10.7. The molecule has 0 heterocycles. The monoisotopic (exact) mass is 506 g/mol. The third-order valence-corrected chi connectivity index (χ3v) is 5.67. The standard InChI is InChI=1S/C27H20Cl2N2O4/c1-17(34-20-13-11-19(28)12-14-20)26(32)31-30-16-23-21-7-3-2-6-18(21)10-15-25(23)35-27(33)22-8-4-5-9-24(22)29/h2-17H,1H3,(H,31,32). The predicted octanol–water partition coefficient (Wildman–Crippen LogP) is 6.28. The lowest BCUT2D eigenvalue weighted by Crippen LogP contribution is -2.33. The van der Waals surface area contributed by atoms with Crippen LogP contribution in [0.3, 0.4) is 0 Å². The topological polar surface area (TPSA) is 77.0 Å². The lowest BCUT2D eigenvalue weighted by Gasteiger charge is -2.13. The van der Waals surface area contributed by atoms with Crippen molar-refractivity contribution < 1.29 is 19.1 Å². The third-order valence-electron chi connectivity index (χ3n) is 5.09. The summed E-state index contributed by atoms with van der Waals surface area (Å²) < 4.78 is 11.3. The Hall–Kier alpha value is -3.87. The van der Waals surface area contributed by atoms with Crippen LogP contribution < -0.4 is 14.9 Å². The van der Waals surface area contributed by atoms with Gasteiger partial charge >= 0.3 is 5.97 Å². The Bertz CT molecular complexity index is 1400. The number of nitrogens with one attached hydrogen (secondary N) is 1. The van der Waals surface area contributed by atoms with E-state index in [1.165, 1.54) is 6.21 Å². The minimum absolute atomic E-state index is 0.242. The molecular formula is C27H20Cl2N2O4. The number of halogens is 2. The Balaban J connectivity index is 1.54. The Kier molecular flexibility index (Phi) is 7.65. The summed E-state index contributed by atoms with van der Waals surface area (Å²) in [5.74, 6) is -0.276. The molecule has 4 aromatic rings. The van der Waals surface area contributed by atoms with Crippen molar-refractivity contribution >= 4 is 52.1 Å². The number of carbonyl (C=O) groups excluding carboxylic acids is 2. The zero-order chi connectivity index (χ0) is 24.8. The van der Waals surface area contributed by atoms with Crippen molar-refractivity contribution in [3.8, 4) is 11.5 Å². The zero-order valence-corrected chi connectivity index (χ0v) is 20.1. The normalized spacial score (nSPS) is 11.9. The molecule has 0 aliphatic rings. The van der Waals surface area contributed by atoms with E-state index in [0.29, 0.717) is 16.3 Å². The van der Waals surface area contributed by atoms with Crippen molar-refractivity contribution in [2.45, 2.75) is 13.0 Å². The number of benzene rings is 4. The molecule has 0 radical (unpaired) electrons. The van der Waals surface area contributed by atoms with Gasteiger partial charge in [-0.25, -0.2) is 10.2 Å². The number of hydrogen-bond acceptors (Lipinski definition) is 5. The Morgan fingerprint density at radius 3 is 2.40 bits per heavy atom. The van der Waals surface area contributed by atoms with Crippen LogP contribution >= 0.6 is 23.2 Å². The van der Waals surface area contributed by atoms with Gasteiger partial charge in [-0.1, -0.05) is 65.7 Å². The fourth-order valence-electron chi connectivity index (χ4n) is 3.30. The molecule has 0 saturated carbocycles. The van der Waals surface area contributed by atoms with Gasteiger partial charge in [0.2, 0.25) is 0 Å². The van der Waals surface area contributed by atoms with Gasteiger partial charge in [0.25, 0.3) is 5.91 Å². The summed E-state index contributed by atoms with van der Waals surface area (Å²) in [6, 6.07) is 24.4. The second kappa shape index (κ2) is 11.0. The van der Waals surface area contributed by atoms with Crippen molar-refractivity contribution in [1.82, 2.24) is 5.43 Å². The molecule has 1 N–H and O–H groups in total. The predicted molar refractivity (Wildman–Crippen MR) is 138 cm³/mol. The van der Waals surface area contributed by atoms with Crippen LogP contribution in [0, 0.1) is 0 Å². The Labute approximate surface area is 212 Å². The zero-order valence-electron chi connectivity index (χ0n) is 18.6. The molecule has 0 saturated heterocycles. The van der Waals surface area contributed by atoms with Crippen LogP contribution in [-0.2, 0) is 4.79 Å². The number of hydrazone groups is 1. The lowest BCUT2D eigenvalue weighted by molar-refractivity contribution is -0.127. The van der Waals surface area contributed by atoms with Crippen LogP contribution in [0.2, 0.25) is 10.0 Å². The van der Waals surface area contributed by atoms with E-state index in [4.69, 9.17) is 32.7 Å². The van der Waals surface area contributed by atoms with Crippen LogP contribution in [0.1, 0.15) is 22.8 Å². The van der Waals surface area contributed by atoms with Crippen LogP contribution in [0.25, 0.3) is 10.8 Å². The van der Waals surface area contributed by atoms with Crippen LogP contribution in [0.5, 0.6) is 11.5 Å². The summed E-state index contributed by atoms with van der Waals surface area (Å²) >= 11 is 12.0. The van der Waals surface area contributed by atoms with Crippen LogP contribution in [0.15, 0.2) is 90.0 Å². The van der Waals surface area contributed by atoms with E-state index in [-0.39, 0.29) is 16.3 Å². The van der Waals surface area contributed by atoms with E-state index in [1.54, 1.807) is 61.5 Å². The van der Waals surface area contributed by atoms with Gasteiger partial charge in [0.15, 0.2) is 6.10 Å². The van der Waals surface area contributed by atoms with E-state index in [0.717, 1.165) is 10.8 Å². The Morgan fingerprint density at radius 1 is 0.914 bits per heavy atom. The first-order chi connectivity index (χ1) is 16.9. The molecule has 6 nitrogen and oxygen atoms in total. The summed E-state index contributed by atoms with van der Waals surface area (Å²) in [6.45, 7) is 1.61. The molecule has 0 aliphatic carbocycles. The van der Waals surface area contributed by atoms with Gasteiger partial charge in [-0.15, -0.1) is 0 Å². The highest BCUT2D eigenvalue weighted by atomic mass is 35.5. The van der Waals surface area contributed by atoms with E-state index in [2.05, 4.69) is 10.5 Å². The summed E-state index contributed by atoms with van der Waals surface area (Å²) in [5.41, 5.74) is 3.23. The molecule has 1 atom stereocenters. The molecule has 0 aromatic heterocycles. The second-order valence-corrected chi connectivity index (χ2v) is 8.36. The third kappa shape index (κ3) is 5.98. The molecule has 0 spiro atoms. The van der Waals surface area contributed by atoms with E-state index in [1.807, 2.05) is 30.3 Å². The molecular weight excluding hydrogens is 487 g/mol. The average molecular weight is 507 g/mol. The smallest absolute Gasteiger partial charge is 0.345 e. The second-order valence-electron chi connectivity index (χ2n) is 7.52. The van der Waals surface area contributed by atoms with Gasteiger partial charge in [-0.2, -0.15) is 5.10 Å². The maximum atomic E-state index is 12.7. The van der Waals surface area contributed by atoms with Gasteiger partial charge in [0, 0.05) is 10.6 Å². The number of ether oxygens (including phenoxy) is 2. The van der Waals surface area contributed by atoms with Gasteiger partial charge in [0.05, 0.1) is 16.8 Å². The number of esters is 1. The first-order valence-corrected chi connectivity index (χ1v) is 11.4. The highest BCUT2D eigenvalue weighted by molar-refractivity contribution is 6.33. The largest absolute Gasteiger partial charge is 0.481 e. The van der Waals surface area contributed by atoms with Crippen molar-refractivity contribution in [2.75, 3.05) is 0 Å². The lowest BCUT2D eigenvalue weighted by atomic mass is 10.0. The molecule has 4 rings (SSSR count). The molecule has 8 heteroatoms. The first kappa shape index (κ1) is 24.3. The summed E-state index contributed by atoms with van der Waals surface area (Å²) in [5, 5.41) is 6.65. The van der Waals surface area contributed by atoms with Crippen LogP contribution in [0.4, 0.5) is 0 Å². The van der Waals surface area contributed by atoms with Gasteiger partial charge in [-0.3, -0.25) is 4.79 Å². The summed E-state index contributed by atoms with van der Waals surface area (Å²) in [4.78, 5) is 25.2. The van der Waals surface area contributed by atoms with Crippen LogP contribution in [-0.4, -0.2) is 24.2 Å². The maximum absolute atomic E-state index is 12.7. The van der Waals surface area contributed by atoms with Gasteiger partial charge < -0.3 is 9.47 Å². The molecule has 0 aliphatic heterocycles. The molecule has 0 bridgehead atoms. The van der Waals surface area contributed by atoms with Crippen molar-refractivity contribution in [3.63, 3.8) is 0 Å². The Morgan fingerprint density at radius 2 is 1.63 bits per heavy atom. The number of amides is 1. The van der Waals surface area contributed by atoms with E-state index >= 15 is 0 Å². The molecule has 4 aromatic carbocycles. The fraction of sp³-hybridized carbons (Fsp3) is 0.0741. The average Bonchev–Trinajstić information content (AvgIpc) is 2.86. The maximum Gasteiger partial charge on any atom is 0.345 e. The minimum atomic E-state index is -0.807. The molecule has 35 heavy (non-hydrogen) atoms. The van der Waals surface area contributed by atoms with Crippen molar-refractivity contribution in [2.24, 2.45) is 5.10 Å².